The fraction of sp³-hybridized carbons (Fsp3) is 0.412. The molecule has 0 atom stereocenters. The van der Waals surface area contributed by atoms with E-state index in [0.29, 0.717) is 26.2 Å². The number of amides is 1. The van der Waals surface area contributed by atoms with Gasteiger partial charge in [-0.25, -0.2) is 0 Å². The molecule has 134 valence electrons. The van der Waals surface area contributed by atoms with E-state index in [2.05, 4.69) is 10.00 Å². The third kappa shape index (κ3) is 4.01. The van der Waals surface area contributed by atoms with E-state index in [1.807, 2.05) is 30.3 Å². The van der Waals surface area contributed by atoms with E-state index in [4.69, 9.17) is 0 Å². The summed E-state index contributed by atoms with van der Waals surface area (Å²) in [6.45, 7) is 3.14. The molecule has 2 heterocycles. The van der Waals surface area contributed by atoms with Gasteiger partial charge in [0.15, 0.2) is 5.69 Å². The average Bonchev–Trinajstić information content (AvgIpc) is 2.98. The van der Waals surface area contributed by atoms with Crippen molar-refractivity contribution in [2.24, 2.45) is 7.05 Å². The highest BCUT2D eigenvalue weighted by Crippen LogP contribution is 2.28. The standard InChI is InChI=1S/C17H19F3N4O/c1-22-14(11-15(21-22)17(18,19)20)16(25)24-9-7-23(8-10-24)12-13-5-3-2-4-6-13/h2-6,11H,7-10,12H2,1H3. The summed E-state index contributed by atoms with van der Waals surface area (Å²) in [5, 5.41) is 3.40. The van der Waals surface area contributed by atoms with Crippen LogP contribution in [0.4, 0.5) is 13.2 Å². The number of hydrogen-bond acceptors (Lipinski definition) is 3. The third-order valence-corrected chi connectivity index (χ3v) is 4.30. The van der Waals surface area contributed by atoms with Crippen molar-refractivity contribution >= 4 is 5.91 Å². The maximum Gasteiger partial charge on any atom is 0.435 e. The maximum atomic E-state index is 12.7. The Bertz CT molecular complexity index is 734. The van der Waals surface area contributed by atoms with Gasteiger partial charge >= 0.3 is 6.18 Å². The monoisotopic (exact) mass is 352 g/mol. The number of nitrogens with zero attached hydrogens (tertiary/aromatic N) is 4. The van der Waals surface area contributed by atoms with Crippen molar-refractivity contribution in [3.8, 4) is 0 Å². The molecule has 1 aromatic heterocycles. The normalized spacial score (nSPS) is 16.2. The van der Waals surface area contributed by atoms with Gasteiger partial charge in [0.05, 0.1) is 0 Å². The molecule has 2 aromatic rings. The largest absolute Gasteiger partial charge is 0.435 e. The molecule has 1 aliphatic rings. The second-order valence-corrected chi connectivity index (χ2v) is 6.09. The van der Waals surface area contributed by atoms with Crippen LogP contribution < -0.4 is 0 Å². The molecule has 0 bridgehead atoms. The minimum atomic E-state index is -4.55. The fourth-order valence-corrected chi connectivity index (χ4v) is 2.92. The zero-order valence-electron chi connectivity index (χ0n) is 13.8. The molecule has 0 N–H and O–H groups in total. The van der Waals surface area contributed by atoms with Crippen LogP contribution >= 0.6 is 0 Å². The van der Waals surface area contributed by atoms with Gasteiger partial charge in [-0.3, -0.25) is 14.4 Å². The van der Waals surface area contributed by atoms with Crippen LogP contribution in [0.2, 0.25) is 0 Å². The molecule has 1 fully saturated rings. The minimum Gasteiger partial charge on any atom is -0.335 e. The summed E-state index contributed by atoms with van der Waals surface area (Å²) in [7, 11) is 1.36. The Kier molecular flexibility index (Phi) is 4.80. The van der Waals surface area contributed by atoms with Gasteiger partial charge in [-0.2, -0.15) is 18.3 Å². The van der Waals surface area contributed by atoms with Gasteiger partial charge in [0.1, 0.15) is 5.69 Å². The number of piperazine rings is 1. The van der Waals surface area contributed by atoms with Crippen molar-refractivity contribution in [1.82, 2.24) is 19.6 Å². The van der Waals surface area contributed by atoms with Crippen molar-refractivity contribution in [2.45, 2.75) is 12.7 Å². The summed E-state index contributed by atoms with van der Waals surface area (Å²) in [6, 6.07) is 10.8. The summed E-state index contributed by atoms with van der Waals surface area (Å²) in [5.41, 5.74) is 0.119. The number of halogens is 3. The SMILES string of the molecule is Cn1nc(C(F)(F)F)cc1C(=O)N1CCN(Cc2ccccc2)CC1. The van der Waals surface area contributed by atoms with Crippen LogP contribution in [0.1, 0.15) is 21.7 Å². The summed E-state index contributed by atoms with van der Waals surface area (Å²) >= 11 is 0. The lowest BCUT2D eigenvalue weighted by Gasteiger charge is -2.34. The molecule has 0 saturated carbocycles. The topological polar surface area (TPSA) is 41.4 Å². The summed E-state index contributed by atoms with van der Waals surface area (Å²) in [6.07, 6.45) is -4.55. The minimum absolute atomic E-state index is 0.0381. The van der Waals surface area contributed by atoms with Gasteiger partial charge < -0.3 is 4.90 Å². The zero-order chi connectivity index (χ0) is 18.0. The van der Waals surface area contributed by atoms with E-state index in [1.165, 1.54) is 12.6 Å². The smallest absolute Gasteiger partial charge is 0.335 e. The molecule has 0 unspecified atom stereocenters. The molecular weight excluding hydrogens is 333 g/mol. The summed E-state index contributed by atoms with van der Waals surface area (Å²) in [4.78, 5) is 16.3. The Morgan fingerprint density at radius 1 is 1.12 bits per heavy atom. The van der Waals surface area contributed by atoms with Gasteiger partial charge in [-0.05, 0) is 5.56 Å². The first-order valence-corrected chi connectivity index (χ1v) is 8.01. The van der Waals surface area contributed by atoms with Gasteiger partial charge in [0, 0.05) is 45.8 Å². The van der Waals surface area contributed by atoms with Crippen molar-refractivity contribution < 1.29 is 18.0 Å². The molecule has 8 heteroatoms. The summed E-state index contributed by atoms with van der Waals surface area (Å²) < 4.78 is 39.2. The number of aryl methyl sites for hydroxylation is 1. The number of alkyl halides is 3. The van der Waals surface area contributed by atoms with Crippen molar-refractivity contribution in [3.63, 3.8) is 0 Å². The average molecular weight is 352 g/mol. The molecule has 3 rings (SSSR count). The third-order valence-electron chi connectivity index (χ3n) is 4.30. The van der Waals surface area contributed by atoms with E-state index in [1.54, 1.807) is 4.90 Å². The van der Waals surface area contributed by atoms with Crippen molar-refractivity contribution in [2.75, 3.05) is 26.2 Å². The first-order valence-electron chi connectivity index (χ1n) is 8.01. The highest BCUT2D eigenvalue weighted by atomic mass is 19.4. The Morgan fingerprint density at radius 2 is 1.76 bits per heavy atom. The van der Waals surface area contributed by atoms with E-state index >= 15 is 0 Å². The van der Waals surface area contributed by atoms with Crippen molar-refractivity contribution in [3.05, 3.63) is 53.3 Å². The lowest BCUT2D eigenvalue weighted by Crippen LogP contribution is -2.48. The van der Waals surface area contributed by atoms with Crippen LogP contribution in [-0.2, 0) is 19.8 Å². The lowest BCUT2D eigenvalue weighted by molar-refractivity contribution is -0.141. The highest BCUT2D eigenvalue weighted by molar-refractivity contribution is 5.92. The lowest BCUT2D eigenvalue weighted by atomic mass is 10.2. The second-order valence-electron chi connectivity index (χ2n) is 6.09. The second kappa shape index (κ2) is 6.87. The number of carbonyl (C=O) groups is 1. The predicted molar refractivity (Wildman–Crippen MR) is 85.8 cm³/mol. The molecule has 25 heavy (non-hydrogen) atoms. The van der Waals surface area contributed by atoms with Crippen LogP contribution in [0.5, 0.6) is 0 Å². The molecular formula is C17H19F3N4O. The Labute approximate surface area is 143 Å². The Balaban J connectivity index is 1.61. The molecule has 1 aromatic carbocycles. The first kappa shape index (κ1) is 17.5. The molecule has 1 aliphatic heterocycles. The van der Waals surface area contributed by atoms with E-state index in [-0.39, 0.29) is 5.69 Å². The first-order chi connectivity index (χ1) is 11.8. The van der Waals surface area contributed by atoms with Gasteiger partial charge in [-0.1, -0.05) is 30.3 Å². The van der Waals surface area contributed by atoms with Gasteiger partial charge in [-0.15, -0.1) is 0 Å². The Hall–Kier alpha value is -2.35. The summed E-state index contributed by atoms with van der Waals surface area (Å²) in [5.74, 6) is -0.412. The zero-order valence-corrected chi connectivity index (χ0v) is 13.8. The highest BCUT2D eigenvalue weighted by Gasteiger charge is 2.36. The van der Waals surface area contributed by atoms with Crippen LogP contribution in [0, 0.1) is 0 Å². The van der Waals surface area contributed by atoms with E-state index in [0.717, 1.165) is 17.3 Å². The van der Waals surface area contributed by atoms with Crippen LogP contribution in [0.25, 0.3) is 0 Å². The van der Waals surface area contributed by atoms with Gasteiger partial charge in [0.25, 0.3) is 5.91 Å². The fourth-order valence-electron chi connectivity index (χ4n) is 2.92. The van der Waals surface area contributed by atoms with Crippen LogP contribution in [0.3, 0.4) is 0 Å². The van der Waals surface area contributed by atoms with E-state index < -0.39 is 17.8 Å². The molecule has 5 nitrogen and oxygen atoms in total. The number of carbonyl (C=O) groups excluding carboxylic acids is 1. The molecule has 0 radical (unpaired) electrons. The predicted octanol–water partition coefficient (Wildman–Crippen LogP) is 2.40. The number of aromatic nitrogens is 2. The van der Waals surface area contributed by atoms with Crippen LogP contribution in [0.15, 0.2) is 36.4 Å². The van der Waals surface area contributed by atoms with Crippen molar-refractivity contribution in [1.29, 1.82) is 0 Å². The molecule has 0 spiro atoms. The molecule has 1 amide bonds. The maximum absolute atomic E-state index is 12.7. The van der Waals surface area contributed by atoms with E-state index in [9.17, 15) is 18.0 Å². The quantitative estimate of drug-likeness (QED) is 0.852. The number of benzene rings is 1. The number of hydrogen-bond donors (Lipinski definition) is 0. The Morgan fingerprint density at radius 3 is 2.32 bits per heavy atom. The van der Waals surface area contributed by atoms with Crippen LogP contribution in [-0.4, -0.2) is 51.7 Å². The number of rotatable bonds is 3. The van der Waals surface area contributed by atoms with Gasteiger partial charge in [0.2, 0.25) is 0 Å². The molecule has 0 aliphatic carbocycles. The molecule has 1 saturated heterocycles.